The Morgan fingerprint density at radius 2 is 0.538 bits per heavy atom. The van der Waals surface area contributed by atoms with Gasteiger partial charge in [0.25, 0.3) is 0 Å². The molecule has 0 heterocycles. The van der Waals surface area contributed by atoms with Crippen LogP contribution in [0.15, 0.2) is 97.2 Å². The zero-order valence-corrected chi connectivity index (χ0v) is 62.2. The van der Waals surface area contributed by atoms with Crippen molar-refractivity contribution in [1.82, 2.24) is 15.1 Å². The molecule has 0 aliphatic heterocycles. The molecule has 0 unspecified atom stereocenters. The smallest absolute Gasteiger partial charge is 0.304 e. The average Bonchev–Trinajstić information content (AvgIpc) is 3.58. The van der Waals surface area contributed by atoms with E-state index in [1.807, 2.05) is 33.1 Å². The highest BCUT2D eigenvalue weighted by molar-refractivity contribution is 5.76. The summed E-state index contributed by atoms with van der Waals surface area (Å²) in [6.45, 7) is 10.5. The van der Waals surface area contributed by atoms with Crippen molar-refractivity contribution in [3.8, 4) is 0 Å². The normalized spacial score (nSPS) is 12.2. The van der Waals surface area contributed by atoms with E-state index in [9.17, 15) is 9.59 Å². The number of aliphatic carboxylic acids is 1. The number of hydrogen-bond acceptors (Lipinski definition) is 5. The van der Waals surface area contributed by atoms with Gasteiger partial charge in [-0.1, -0.05) is 305 Å². The predicted octanol–water partition coefficient (Wildman–Crippen LogP) is 25.6. The van der Waals surface area contributed by atoms with Crippen molar-refractivity contribution in [2.75, 3.05) is 41.3 Å². The summed E-state index contributed by atoms with van der Waals surface area (Å²) in [5.74, 6) is -0.507. The second-order valence-electron chi connectivity index (χ2n) is 27.0. The fraction of sp³-hybridized carbons (Fsp3) is 0.786. The first kappa shape index (κ1) is 91.9. The molecule has 7 heteroatoms. The van der Waals surface area contributed by atoms with Crippen LogP contribution in [-0.4, -0.2) is 80.1 Å². The summed E-state index contributed by atoms with van der Waals surface area (Å²) in [6.07, 6.45) is 106. The number of carbonyl (C=O) groups is 2. The summed E-state index contributed by atoms with van der Waals surface area (Å²) >= 11 is 0. The Labute approximate surface area is 569 Å². The minimum absolute atomic E-state index is 0.229. The van der Waals surface area contributed by atoms with E-state index >= 15 is 0 Å². The molecule has 7 nitrogen and oxygen atoms in total. The standard InChI is InChI=1S/C42H78N2O.C37H69N.C5H11NO2/c1-5-7-9-11-13-15-17-19-21-23-25-27-29-31-33-35-37-41(43-42(45)39-40-44(3)4)38-36-34-32-30-28-26-24-22-20-18-16-14-12-10-8-6-2;1-3-5-7-9-11-13-15-17-19-21-23-25-27-29-31-33-35-37(38)36-34-32-30-28-26-24-22-20-18-16-14-12-10-8-6-4-2;1-6(2)4-3-5(7)8/h13-16,19-22,41H,5-12,17-18,23-40H2,1-4H3,(H,43,45);11-14,17-20,37H,3-10,15-16,21-36,38H2,1-2H3;3-4H2,1-2H3,(H,7,8)/b15-13-,16-14-,21-19-,22-20-;13-11-,14-12-,19-17-,20-18-;. The first-order valence-electron chi connectivity index (χ1n) is 39.3. The number of carbonyl (C=O) groups excluding carboxylic acids is 1. The molecule has 0 bridgehead atoms. The highest BCUT2D eigenvalue weighted by Gasteiger charge is 2.13. The molecule has 0 saturated carbocycles. The SMILES string of the molecule is CCCCC/C=C\C/C=C\CCCCCCCCC(CCCCCCCC/C=C\C/C=C\CCCCC)NC(=O)CCN(C)C.CCCCC/C=C\C/C=C\CCCCCCCCC(N)CCCCCCCC/C=C\C/C=C\CCCCC.CN(C)CCC(=O)O. The summed E-state index contributed by atoms with van der Waals surface area (Å²) < 4.78 is 0. The van der Waals surface area contributed by atoms with E-state index in [4.69, 9.17) is 10.8 Å². The van der Waals surface area contributed by atoms with Crippen LogP contribution in [-0.2, 0) is 9.59 Å². The van der Waals surface area contributed by atoms with E-state index in [0.717, 1.165) is 45.1 Å². The van der Waals surface area contributed by atoms with Crippen LogP contribution < -0.4 is 11.1 Å². The maximum absolute atomic E-state index is 12.5. The third kappa shape index (κ3) is 91.0. The van der Waals surface area contributed by atoms with Gasteiger partial charge < -0.3 is 26.0 Å². The van der Waals surface area contributed by atoms with E-state index < -0.39 is 5.97 Å². The molecule has 0 aliphatic rings. The maximum Gasteiger partial charge on any atom is 0.304 e. The van der Waals surface area contributed by atoms with Gasteiger partial charge in [0.15, 0.2) is 0 Å². The number of carboxylic acid groups (broad SMARTS) is 1. The summed E-state index contributed by atoms with van der Waals surface area (Å²) in [5, 5.41) is 11.5. The predicted molar refractivity (Wildman–Crippen MR) is 410 cm³/mol. The molecule has 0 spiro atoms. The summed E-state index contributed by atoms with van der Waals surface area (Å²) in [7, 11) is 7.78. The van der Waals surface area contributed by atoms with Crippen molar-refractivity contribution in [3.63, 3.8) is 0 Å². The summed E-state index contributed by atoms with van der Waals surface area (Å²) in [6, 6.07) is 0.794. The average molecular weight is 1270 g/mol. The van der Waals surface area contributed by atoms with Crippen LogP contribution in [0, 0.1) is 0 Å². The first-order valence-corrected chi connectivity index (χ1v) is 39.3. The lowest BCUT2D eigenvalue weighted by Crippen LogP contribution is -2.36. The topological polar surface area (TPSA) is 98.9 Å². The van der Waals surface area contributed by atoms with Gasteiger partial charge in [0, 0.05) is 31.6 Å². The van der Waals surface area contributed by atoms with Crippen LogP contribution in [0.25, 0.3) is 0 Å². The largest absolute Gasteiger partial charge is 0.481 e. The number of hydrogen-bond donors (Lipinski definition) is 3. The zero-order chi connectivity index (χ0) is 67.1. The molecule has 0 aromatic rings. The molecule has 0 atom stereocenters. The molecular weight excluding hydrogens is 1110 g/mol. The Bertz CT molecular complexity index is 1580. The fourth-order valence-corrected chi connectivity index (χ4v) is 10.9. The molecule has 0 aromatic carbocycles. The lowest BCUT2D eigenvalue weighted by Gasteiger charge is -2.20. The van der Waals surface area contributed by atoms with Crippen molar-refractivity contribution < 1.29 is 14.7 Å². The zero-order valence-electron chi connectivity index (χ0n) is 62.2. The van der Waals surface area contributed by atoms with E-state index in [1.54, 1.807) is 0 Å². The number of nitrogens with zero attached hydrogens (tertiary/aromatic N) is 2. The minimum atomic E-state index is -0.737. The molecular formula is C84H158N4O3. The summed E-state index contributed by atoms with van der Waals surface area (Å²) in [5.41, 5.74) is 6.37. The van der Waals surface area contributed by atoms with E-state index in [2.05, 4.69) is 135 Å². The molecule has 4 N–H and O–H groups in total. The second kappa shape index (κ2) is 82.8. The second-order valence-corrected chi connectivity index (χ2v) is 27.0. The maximum atomic E-state index is 12.5. The van der Waals surface area contributed by atoms with Gasteiger partial charge in [-0.15, -0.1) is 0 Å². The lowest BCUT2D eigenvalue weighted by atomic mass is 9.99. The van der Waals surface area contributed by atoms with E-state index in [1.165, 1.54) is 295 Å². The van der Waals surface area contributed by atoms with Gasteiger partial charge in [-0.05, 0) is 182 Å². The van der Waals surface area contributed by atoms with Gasteiger partial charge in [0.05, 0.1) is 6.42 Å². The molecule has 1 amide bonds. The molecule has 0 aromatic heterocycles. The number of unbranched alkanes of at least 4 members (excludes halogenated alkanes) is 36. The Morgan fingerprint density at radius 3 is 0.769 bits per heavy atom. The number of carboxylic acids is 1. The Kier molecular flexibility index (Phi) is 83.7. The molecule has 0 rings (SSSR count). The van der Waals surface area contributed by atoms with Crippen molar-refractivity contribution in [1.29, 1.82) is 0 Å². The molecule has 0 aliphatic carbocycles. The van der Waals surface area contributed by atoms with Gasteiger partial charge >= 0.3 is 5.97 Å². The van der Waals surface area contributed by atoms with Crippen molar-refractivity contribution >= 4 is 11.9 Å². The molecule has 0 saturated heterocycles. The minimum Gasteiger partial charge on any atom is -0.481 e. The third-order valence-corrected chi connectivity index (χ3v) is 17.0. The van der Waals surface area contributed by atoms with Crippen LogP contribution in [0.4, 0.5) is 0 Å². The molecule has 91 heavy (non-hydrogen) atoms. The van der Waals surface area contributed by atoms with Crippen LogP contribution in [0.1, 0.15) is 374 Å². The molecule has 532 valence electrons. The Balaban J connectivity index is -0.00000153. The molecule has 0 radical (unpaired) electrons. The third-order valence-electron chi connectivity index (χ3n) is 17.0. The molecule has 0 fully saturated rings. The quantitative estimate of drug-likeness (QED) is 0.0415. The highest BCUT2D eigenvalue weighted by Crippen LogP contribution is 2.18. The number of amides is 1. The van der Waals surface area contributed by atoms with Crippen LogP contribution in [0.5, 0.6) is 0 Å². The van der Waals surface area contributed by atoms with Crippen molar-refractivity contribution in [2.45, 2.75) is 387 Å². The Morgan fingerprint density at radius 1 is 0.319 bits per heavy atom. The van der Waals surface area contributed by atoms with Gasteiger partial charge in [-0.3, -0.25) is 9.59 Å². The number of rotatable bonds is 67. The van der Waals surface area contributed by atoms with Crippen LogP contribution >= 0.6 is 0 Å². The number of nitrogens with two attached hydrogens (primary N) is 1. The van der Waals surface area contributed by atoms with Crippen molar-refractivity contribution in [3.05, 3.63) is 97.2 Å². The highest BCUT2D eigenvalue weighted by atomic mass is 16.4. The van der Waals surface area contributed by atoms with Gasteiger partial charge in [-0.25, -0.2) is 0 Å². The Hall–Kier alpha value is -3.26. The van der Waals surface area contributed by atoms with Gasteiger partial charge in [-0.2, -0.15) is 0 Å². The van der Waals surface area contributed by atoms with E-state index in [0.29, 0.717) is 25.0 Å². The lowest BCUT2D eigenvalue weighted by molar-refractivity contribution is -0.137. The summed E-state index contributed by atoms with van der Waals surface area (Å²) in [4.78, 5) is 26.4. The van der Waals surface area contributed by atoms with Gasteiger partial charge in [0.1, 0.15) is 0 Å². The fourth-order valence-electron chi connectivity index (χ4n) is 10.9. The monoisotopic (exact) mass is 1270 g/mol. The van der Waals surface area contributed by atoms with Crippen LogP contribution in [0.3, 0.4) is 0 Å². The number of allylic oxidation sites excluding steroid dienone is 16. The van der Waals surface area contributed by atoms with E-state index in [-0.39, 0.29) is 12.3 Å². The van der Waals surface area contributed by atoms with Crippen LogP contribution in [0.2, 0.25) is 0 Å². The number of nitrogens with one attached hydrogen (secondary N) is 1. The van der Waals surface area contributed by atoms with Gasteiger partial charge in [0.2, 0.25) is 5.91 Å². The van der Waals surface area contributed by atoms with Crippen molar-refractivity contribution in [2.24, 2.45) is 5.73 Å². The first-order chi connectivity index (χ1) is 44.5.